The third-order valence-corrected chi connectivity index (χ3v) is 5.06. The van der Waals surface area contributed by atoms with Crippen LogP contribution in [0.1, 0.15) is 30.9 Å². The van der Waals surface area contributed by atoms with Crippen molar-refractivity contribution in [2.45, 2.75) is 19.8 Å². The van der Waals surface area contributed by atoms with E-state index in [0.29, 0.717) is 5.75 Å². The molecule has 0 aliphatic carbocycles. The molecule has 2 N–H and O–H groups in total. The van der Waals surface area contributed by atoms with Gasteiger partial charge in [0.15, 0.2) is 11.5 Å². The second-order valence-electron chi connectivity index (χ2n) is 7.32. The van der Waals surface area contributed by atoms with E-state index in [1.54, 1.807) is 12.1 Å². The van der Waals surface area contributed by atoms with Crippen LogP contribution in [0, 0.1) is 0 Å². The number of carboxylic acids is 1. The van der Waals surface area contributed by atoms with E-state index in [2.05, 4.69) is 0 Å². The van der Waals surface area contributed by atoms with Gasteiger partial charge in [-0.25, -0.2) is 4.79 Å². The summed E-state index contributed by atoms with van der Waals surface area (Å²) in [5, 5.41) is 20.9. The van der Waals surface area contributed by atoms with Gasteiger partial charge in [0.1, 0.15) is 29.6 Å². The van der Waals surface area contributed by atoms with E-state index >= 15 is 0 Å². The summed E-state index contributed by atoms with van der Waals surface area (Å²) in [7, 11) is 2.83. The minimum Gasteiger partial charge on any atom is -0.508 e. The van der Waals surface area contributed by atoms with Crippen molar-refractivity contribution in [2.24, 2.45) is 0 Å². The summed E-state index contributed by atoms with van der Waals surface area (Å²) in [5.41, 5.74) is -0.103. The second-order valence-corrected chi connectivity index (χ2v) is 7.32. The van der Waals surface area contributed by atoms with Gasteiger partial charge in [-0.1, -0.05) is 6.07 Å². The Morgan fingerprint density at radius 1 is 0.914 bits per heavy atom. The number of esters is 2. The first-order chi connectivity index (χ1) is 16.7. The summed E-state index contributed by atoms with van der Waals surface area (Å²) in [6, 6.07) is 7.50. The van der Waals surface area contributed by atoms with Gasteiger partial charge in [0.2, 0.25) is 6.79 Å². The highest BCUT2D eigenvalue weighted by Crippen LogP contribution is 2.47. The van der Waals surface area contributed by atoms with E-state index in [1.165, 1.54) is 39.3 Å². The van der Waals surface area contributed by atoms with Crippen LogP contribution in [0.25, 0.3) is 0 Å². The molecule has 0 spiro atoms. The molecule has 0 fully saturated rings. The number of carbonyl (C=O) groups excluding carboxylic acids is 2. The lowest BCUT2D eigenvalue weighted by Crippen LogP contribution is -2.20. The lowest BCUT2D eigenvalue weighted by Gasteiger charge is -2.24. The number of aliphatic carboxylic acids is 1. The van der Waals surface area contributed by atoms with Crippen LogP contribution in [-0.2, 0) is 19.1 Å². The first kappa shape index (κ1) is 25.2. The van der Waals surface area contributed by atoms with Crippen LogP contribution in [-0.4, -0.2) is 55.7 Å². The number of methoxy groups -OCH3 is 2. The van der Waals surface area contributed by atoms with Crippen molar-refractivity contribution >= 4 is 17.9 Å². The molecule has 2 aromatic carbocycles. The monoisotopic (exact) mass is 488 g/mol. The van der Waals surface area contributed by atoms with E-state index in [4.69, 9.17) is 28.4 Å². The lowest BCUT2D eigenvalue weighted by molar-refractivity contribution is -0.141. The smallest absolute Gasteiger partial charge is 0.336 e. The number of rotatable bonds is 9. The van der Waals surface area contributed by atoms with Crippen LogP contribution in [0.15, 0.2) is 41.7 Å². The predicted octanol–water partition coefficient (Wildman–Crippen LogP) is 2.95. The zero-order valence-corrected chi connectivity index (χ0v) is 19.4. The normalized spacial score (nSPS) is 13.4. The quantitative estimate of drug-likeness (QED) is 0.232. The lowest BCUT2D eigenvalue weighted by atomic mass is 9.82. The van der Waals surface area contributed by atoms with E-state index in [0.717, 1.165) is 6.92 Å². The molecule has 0 aromatic heterocycles. The highest BCUT2D eigenvalue weighted by Gasteiger charge is 2.35. The molecule has 11 nitrogen and oxygen atoms in total. The van der Waals surface area contributed by atoms with Gasteiger partial charge in [0, 0.05) is 37.1 Å². The maximum Gasteiger partial charge on any atom is 0.336 e. The predicted molar refractivity (Wildman–Crippen MR) is 119 cm³/mol. The number of fused-ring (bicyclic) bond motifs is 1. The van der Waals surface area contributed by atoms with E-state index in [9.17, 15) is 24.6 Å². The van der Waals surface area contributed by atoms with E-state index < -0.39 is 41.8 Å². The van der Waals surface area contributed by atoms with Crippen molar-refractivity contribution < 1.29 is 53.0 Å². The number of carboxylic acid groups (broad SMARTS) is 1. The van der Waals surface area contributed by atoms with Crippen molar-refractivity contribution in [3.63, 3.8) is 0 Å². The molecular formula is C24H24O11. The van der Waals surface area contributed by atoms with Gasteiger partial charge in [-0.2, -0.15) is 0 Å². The maximum atomic E-state index is 12.5. The highest BCUT2D eigenvalue weighted by molar-refractivity contribution is 5.91. The molecule has 1 atom stereocenters. The van der Waals surface area contributed by atoms with Crippen molar-refractivity contribution in [3.05, 3.63) is 52.8 Å². The van der Waals surface area contributed by atoms with Crippen molar-refractivity contribution in [2.75, 3.05) is 27.6 Å². The molecule has 0 radical (unpaired) electrons. The van der Waals surface area contributed by atoms with E-state index in [1.807, 2.05) is 0 Å². The van der Waals surface area contributed by atoms with Crippen molar-refractivity contribution in [3.8, 4) is 28.7 Å². The second kappa shape index (κ2) is 10.7. The highest BCUT2D eigenvalue weighted by atomic mass is 16.7. The Morgan fingerprint density at radius 2 is 1.60 bits per heavy atom. The third-order valence-electron chi connectivity index (χ3n) is 5.06. The molecule has 0 amide bonds. The Bertz CT molecular complexity index is 1180. The molecule has 11 heteroatoms. The molecule has 0 saturated carbocycles. The summed E-state index contributed by atoms with van der Waals surface area (Å²) in [6.07, 6.45) is 0. The van der Waals surface area contributed by atoms with Gasteiger partial charge in [-0.15, -0.1) is 0 Å². The number of benzene rings is 2. The Morgan fingerprint density at radius 3 is 2.17 bits per heavy atom. The number of hydrogen-bond donors (Lipinski definition) is 2. The van der Waals surface area contributed by atoms with Gasteiger partial charge in [0.05, 0.1) is 25.7 Å². The first-order valence-electron chi connectivity index (χ1n) is 10.3. The summed E-state index contributed by atoms with van der Waals surface area (Å²) >= 11 is 0. The summed E-state index contributed by atoms with van der Waals surface area (Å²) in [4.78, 5) is 35.7. The van der Waals surface area contributed by atoms with Gasteiger partial charge in [-0.3, -0.25) is 9.59 Å². The van der Waals surface area contributed by atoms with Crippen LogP contribution in [0.5, 0.6) is 28.7 Å². The zero-order valence-electron chi connectivity index (χ0n) is 19.4. The topological polar surface area (TPSA) is 147 Å². The number of aliphatic hydroxyl groups excluding tert-OH is 1. The number of carbonyl (C=O) groups is 3. The standard InChI is InChI=1S/C24H24O11/c1-12(25)32-10-17(27)23(24(28)29)22(15-6-5-14(30-3)7-18(15)31-4)16-8-20-21(34-11-33-20)9-19(16)35-13(2)26/h5-9,22,27H,10-11H2,1-4H3,(H,28,29)/b23-17+/t22-/m1/s1. The SMILES string of the molecule is COc1ccc([C@@H](/C(C(=O)O)=C(\O)COC(C)=O)c2cc3c(cc2OC(C)=O)OCO3)c(OC)c1. The van der Waals surface area contributed by atoms with Crippen LogP contribution in [0.4, 0.5) is 0 Å². The third kappa shape index (κ3) is 5.57. The van der Waals surface area contributed by atoms with Gasteiger partial charge >= 0.3 is 17.9 Å². The Kier molecular flexibility index (Phi) is 7.69. The molecule has 1 aliphatic heterocycles. The van der Waals surface area contributed by atoms with Crippen LogP contribution < -0.4 is 23.7 Å². The summed E-state index contributed by atoms with van der Waals surface area (Å²) in [5.74, 6) is -3.70. The fourth-order valence-electron chi connectivity index (χ4n) is 3.60. The largest absolute Gasteiger partial charge is 0.508 e. The molecular weight excluding hydrogens is 464 g/mol. The molecule has 0 saturated heterocycles. The molecule has 0 unspecified atom stereocenters. The number of aliphatic hydroxyl groups is 1. The fourth-order valence-corrected chi connectivity index (χ4v) is 3.60. The van der Waals surface area contributed by atoms with E-state index in [-0.39, 0.29) is 40.9 Å². The fraction of sp³-hybridized carbons (Fsp3) is 0.292. The van der Waals surface area contributed by atoms with Gasteiger partial charge in [-0.05, 0) is 12.1 Å². The van der Waals surface area contributed by atoms with Crippen molar-refractivity contribution in [1.29, 1.82) is 0 Å². The maximum absolute atomic E-state index is 12.5. The summed E-state index contributed by atoms with van der Waals surface area (Å²) < 4.78 is 31.7. The minimum absolute atomic E-state index is 0.0244. The van der Waals surface area contributed by atoms with Crippen molar-refractivity contribution in [1.82, 2.24) is 0 Å². The molecule has 1 aliphatic rings. The molecule has 0 bridgehead atoms. The van der Waals surface area contributed by atoms with Crippen LogP contribution in [0.3, 0.4) is 0 Å². The minimum atomic E-state index is -1.51. The summed E-state index contributed by atoms with van der Waals surface area (Å²) in [6.45, 7) is 1.52. The Hall–Kier alpha value is -4.41. The number of hydrogen-bond acceptors (Lipinski definition) is 10. The Labute approximate surface area is 200 Å². The zero-order chi connectivity index (χ0) is 25.7. The molecule has 186 valence electrons. The Balaban J connectivity index is 2.35. The average Bonchev–Trinajstić information content (AvgIpc) is 3.27. The van der Waals surface area contributed by atoms with Gasteiger partial charge < -0.3 is 38.6 Å². The first-order valence-corrected chi connectivity index (χ1v) is 10.3. The number of ether oxygens (including phenoxy) is 6. The van der Waals surface area contributed by atoms with Crippen LogP contribution in [0.2, 0.25) is 0 Å². The van der Waals surface area contributed by atoms with Crippen LogP contribution >= 0.6 is 0 Å². The molecule has 35 heavy (non-hydrogen) atoms. The molecule has 2 aromatic rings. The van der Waals surface area contributed by atoms with Gasteiger partial charge in [0.25, 0.3) is 0 Å². The average molecular weight is 488 g/mol. The molecule has 1 heterocycles. The molecule has 3 rings (SSSR count).